The Morgan fingerprint density at radius 1 is 1.00 bits per heavy atom. The summed E-state index contributed by atoms with van der Waals surface area (Å²) >= 11 is 0. The molecule has 2 aromatic carbocycles. The molecule has 0 spiro atoms. The number of carbonyl (C=O) groups excluding carboxylic acids is 1. The van der Waals surface area contributed by atoms with E-state index in [-0.39, 0.29) is 27.1 Å². The normalized spacial score (nSPS) is 15.1. The van der Waals surface area contributed by atoms with Gasteiger partial charge in [0.1, 0.15) is 10.6 Å². The van der Waals surface area contributed by atoms with E-state index in [0.29, 0.717) is 18.8 Å². The van der Waals surface area contributed by atoms with Gasteiger partial charge in [-0.3, -0.25) is 4.79 Å². The van der Waals surface area contributed by atoms with Crippen LogP contribution in [0.4, 0.5) is 5.69 Å². The maximum absolute atomic E-state index is 12.7. The van der Waals surface area contributed by atoms with Crippen LogP contribution in [0.5, 0.6) is 5.75 Å². The number of sulfonamides is 2. The number of carbonyl (C=O) groups is 1. The minimum absolute atomic E-state index is 0.115. The lowest BCUT2D eigenvalue weighted by molar-refractivity contribution is 0.102. The third-order valence-corrected chi connectivity index (χ3v) is 8.51. The van der Waals surface area contributed by atoms with Crippen LogP contribution in [0.25, 0.3) is 0 Å². The van der Waals surface area contributed by atoms with E-state index in [9.17, 15) is 21.6 Å². The van der Waals surface area contributed by atoms with E-state index in [0.717, 1.165) is 12.8 Å². The van der Waals surface area contributed by atoms with Crippen molar-refractivity contribution in [3.05, 3.63) is 48.0 Å². The Morgan fingerprint density at radius 2 is 1.62 bits per heavy atom. The molecule has 0 aliphatic carbocycles. The first-order valence-corrected chi connectivity index (χ1v) is 13.1. The van der Waals surface area contributed by atoms with Gasteiger partial charge < -0.3 is 10.1 Å². The number of hydrogen-bond donors (Lipinski definition) is 2. The number of nitrogens with zero attached hydrogens (tertiary/aromatic N) is 1. The zero-order chi connectivity index (χ0) is 23.5. The van der Waals surface area contributed by atoms with Crippen LogP contribution >= 0.6 is 0 Å². The maximum Gasteiger partial charge on any atom is 0.255 e. The first kappa shape index (κ1) is 24.2. The SMILES string of the molecule is COc1ccc(C(=O)Nc2ccc(S(=O)(=O)N3CCCC3)cc2)cc1S(=O)(=O)NC(C)C. The van der Waals surface area contributed by atoms with Crippen LogP contribution in [0.15, 0.2) is 52.3 Å². The predicted molar refractivity (Wildman–Crippen MR) is 121 cm³/mol. The van der Waals surface area contributed by atoms with E-state index in [4.69, 9.17) is 4.74 Å². The van der Waals surface area contributed by atoms with E-state index < -0.39 is 26.0 Å². The maximum atomic E-state index is 12.7. The summed E-state index contributed by atoms with van der Waals surface area (Å²) in [6.45, 7) is 4.40. The summed E-state index contributed by atoms with van der Waals surface area (Å²) < 4.78 is 59.5. The van der Waals surface area contributed by atoms with Gasteiger partial charge in [-0.05, 0) is 69.2 Å². The lowest BCUT2D eigenvalue weighted by Crippen LogP contribution is -2.30. The van der Waals surface area contributed by atoms with Crippen LogP contribution in [0.3, 0.4) is 0 Å². The van der Waals surface area contributed by atoms with Crippen LogP contribution < -0.4 is 14.8 Å². The van der Waals surface area contributed by atoms with Gasteiger partial charge in [0.15, 0.2) is 0 Å². The van der Waals surface area contributed by atoms with Crippen molar-refractivity contribution >= 4 is 31.6 Å². The Balaban J connectivity index is 1.81. The lowest BCUT2D eigenvalue weighted by atomic mass is 10.2. The highest BCUT2D eigenvalue weighted by Crippen LogP contribution is 2.26. The molecule has 1 aliphatic rings. The van der Waals surface area contributed by atoms with E-state index in [2.05, 4.69) is 10.0 Å². The largest absolute Gasteiger partial charge is 0.495 e. The van der Waals surface area contributed by atoms with E-state index in [1.807, 2.05) is 0 Å². The molecular formula is C21H27N3O6S2. The number of nitrogens with one attached hydrogen (secondary N) is 2. The molecule has 9 nitrogen and oxygen atoms in total. The van der Waals surface area contributed by atoms with Gasteiger partial charge in [0, 0.05) is 30.4 Å². The topological polar surface area (TPSA) is 122 Å². The van der Waals surface area contributed by atoms with Gasteiger partial charge in [-0.15, -0.1) is 0 Å². The minimum Gasteiger partial charge on any atom is -0.495 e. The Hall–Kier alpha value is -2.47. The number of anilines is 1. The van der Waals surface area contributed by atoms with E-state index in [1.165, 1.54) is 53.9 Å². The van der Waals surface area contributed by atoms with Crippen LogP contribution in [0, 0.1) is 0 Å². The Bertz CT molecular complexity index is 1190. The number of hydrogen-bond acceptors (Lipinski definition) is 6. The molecule has 2 N–H and O–H groups in total. The summed E-state index contributed by atoms with van der Waals surface area (Å²) in [7, 11) is -6.08. The fourth-order valence-electron chi connectivity index (χ4n) is 3.39. The first-order valence-electron chi connectivity index (χ1n) is 10.2. The van der Waals surface area contributed by atoms with Crippen molar-refractivity contribution in [1.82, 2.24) is 9.03 Å². The fourth-order valence-corrected chi connectivity index (χ4v) is 6.36. The summed E-state index contributed by atoms with van der Waals surface area (Å²) in [6, 6.07) is 9.66. The molecule has 11 heteroatoms. The molecule has 174 valence electrons. The molecule has 0 aromatic heterocycles. The van der Waals surface area contributed by atoms with Crippen molar-refractivity contribution in [3.8, 4) is 5.75 Å². The average Bonchev–Trinajstić information content (AvgIpc) is 3.28. The number of rotatable bonds is 8. The molecule has 1 saturated heterocycles. The predicted octanol–water partition coefficient (Wildman–Crippen LogP) is 2.42. The molecule has 1 fully saturated rings. The molecule has 1 aliphatic heterocycles. The van der Waals surface area contributed by atoms with Gasteiger partial charge >= 0.3 is 0 Å². The molecule has 1 amide bonds. The summed E-state index contributed by atoms with van der Waals surface area (Å²) in [4.78, 5) is 12.7. The standard InChI is InChI=1S/C21H27N3O6S2/c1-15(2)23-31(26,27)20-14-16(6-11-19(20)30-3)21(25)22-17-7-9-18(10-8-17)32(28,29)24-12-4-5-13-24/h6-11,14-15,23H,4-5,12-13H2,1-3H3,(H,22,25). The highest BCUT2D eigenvalue weighted by atomic mass is 32.2. The average molecular weight is 482 g/mol. The molecule has 2 aromatic rings. The third-order valence-electron chi connectivity index (χ3n) is 4.92. The molecule has 3 rings (SSSR count). The fraction of sp³-hybridized carbons (Fsp3) is 0.381. The summed E-state index contributed by atoms with van der Waals surface area (Å²) in [5.41, 5.74) is 0.500. The molecule has 0 bridgehead atoms. The Morgan fingerprint density at radius 3 is 2.19 bits per heavy atom. The highest BCUT2D eigenvalue weighted by Gasteiger charge is 2.27. The minimum atomic E-state index is -3.89. The van der Waals surface area contributed by atoms with Gasteiger partial charge in [0.05, 0.1) is 12.0 Å². The van der Waals surface area contributed by atoms with Gasteiger partial charge in [-0.1, -0.05) is 0 Å². The molecular weight excluding hydrogens is 454 g/mol. The van der Waals surface area contributed by atoms with Gasteiger partial charge in [-0.2, -0.15) is 4.31 Å². The lowest BCUT2D eigenvalue weighted by Gasteiger charge is -2.16. The quantitative estimate of drug-likeness (QED) is 0.597. The van der Waals surface area contributed by atoms with Crippen molar-refractivity contribution in [1.29, 1.82) is 0 Å². The van der Waals surface area contributed by atoms with Crippen molar-refractivity contribution in [2.75, 3.05) is 25.5 Å². The van der Waals surface area contributed by atoms with Crippen LogP contribution in [-0.4, -0.2) is 53.3 Å². The Labute approximate surface area is 188 Å². The molecule has 0 unspecified atom stereocenters. The second-order valence-electron chi connectivity index (χ2n) is 7.73. The highest BCUT2D eigenvalue weighted by molar-refractivity contribution is 7.89. The number of amides is 1. The zero-order valence-corrected chi connectivity index (χ0v) is 19.8. The van der Waals surface area contributed by atoms with Crippen molar-refractivity contribution < 1.29 is 26.4 Å². The second-order valence-corrected chi connectivity index (χ2v) is 11.4. The summed E-state index contributed by atoms with van der Waals surface area (Å²) in [6.07, 6.45) is 1.69. The third kappa shape index (κ3) is 5.29. The monoisotopic (exact) mass is 481 g/mol. The summed E-state index contributed by atoms with van der Waals surface area (Å²) in [5, 5.41) is 2.66. The number of methoxy groups -OCH3 is 1. The number of ether oxygens (including phenoxy) is 1. The van der Waals surface area contributed by atoms with Crippen molar-refractivity contribution in [3.63, 3.8) is 0 Å². The van der Waals surface area contributed by atoms with Gasteiger partial charge in [0.2, 0.25) is 20.0 Å². The van der Waals surface area contributed by atoms with Crippen LogP contribution in [-0.2, 0) is 20.0 Å². The van der Waals surface area contributed by atoms with Gasteiger partial charge in [-0.25, -0.2) is 21.6 Å². The van der Waals surface area contributed by atoms with E-state index >= 15 is 0 Å². The van der Waals surface area contributed by atoms with Crippen LogP contribution in [0.1, 0.15) is 37.0 Å². The first-order chi connectivity index (χ1) is 15.0. The zero-order valence-electron chi connectivity index (χ0n) is 18.2. The molecule has 0 saturated carbocycles. The molecule has 0 radical (unpaired) electrons. The summed E-state index contributed by atoms with van der Waals surface area (Å²) in [5.74, 6) is -0.421. The van der Waals surface area contributed by atoms with Crippen molar-refractivity contribution in [2.45, 2.75) is 42.5 Å². The van der Waals surface area contributed by atoms with E-state index in [1.54, 1.807) is 13.8 Å². The molecule has 1 heterocycles. The molecule has 32 heavy (non-hydrogen) atoms. The van der Waals surface area contributed by atoms with Crippen LogP contribution in [0.2, 0.25) is 0 Å². The second kappa shape index (κ2) is 9.57. The Kier molecular flexibility index (Phi) is 7.23. The van der Waals surface area contributed by atoms with Gasteiger partial charge in [0.25, 0.3) is 5.91 Å². The smallest absolute Gasteiger partial charge is 0.255 e. The van der Waals surface area contributed by atoms with Crippen molar-refractivity contribution in [2.24, 2.45) is 0 Å². The molecule has 0 atom stereocenters. The number of benzene rings is 2.